The molecule has 0 unspecified atom stereocenters. The van der Waals surface area contributed by atoms with Gasteiger partial charge in [-0.1, -0.05) is 91.0 Å². The second kappa shape index (κ2) is 9.22. The van der Waals surface area contributed by atoms with Crippen LogP contribution in [0.3, 0.4) is 0 Å². The Hall–Kier alpha value is -6.06. The van der Waals surface area contributed by atoms with Gasteiger partial charge in [0.25, 0.3) is 0 Å². The Morgan fingerprint density at radius 3 is 1.56 bits per heavy atom. The van der Waals surface area contributed by atoms with Crippen LogP contribution in [0.15, 0.2) is 162 Å². The zero-order chi connectivity index (χ0) is 29.5. The van der Waals surface area contributed by atoms with E-state index in [9.17, 15) is 0 Å². The number of furan rings is 1. The van der Waals surface area contributed by atoms with Crippen LogP contribution in [-0.4, -0.2) is 9.13 Å². The SMILES string of the molecule is c1cc(-c2ccc3c(c2)c2ccccc2n3-c2ccc3c(c2)oc2ccccc23)cc(-n2c3ccccc3c3ccccc32)c1. The molecule has 10 rings (SSSR count). The van der Waals surface area contributed by atoms with Crippen LogP contribution in [0, 0.1) is 0 Å². The quantitative estimate of drug-likeness (QED) is 0.206. The van der Waals surface area contributed by atoms with E-state index in [1.54, 1.807) is 0 Å². The molecule has 0 saturated carbocycles. The summed E-state index contributed by atoms with van der Waals surface area (Å²) in [5, 5.41) is 7.30. The van der Waals surface area contributed by atoms with Crippen LogP contribution in [0.1, 0.15) is 0 Å². The molecule has 0 N–H and O–H groups in total. The van der Waals surface area contributed by atoms with Crippen LogP contribution in [0.5, 0.6) is 0 Å². The first-order chi connectivity index (χ1) is 22.3. The number of rotatable bonds is 3. The largest absolute Gasteiger partial charge is 0.456 e. The van der Waals surface area contributed by atoms with Crippen molar-refractivity contribution in [1.82, 2.24) is 9.13 Å². The summed E-state index contributed by atoms with van der Waals surface area (Å²) < 4.78 is 11.0. The van der Waals surface area contributed by atoms with E-state index >= 15 is 0 Å². The highest BCUT2D eigenvalue weighted by Gasteiger charge is 2.16. The van der Waals surface area contributed by atoms with E-state index in [1.807, 2.05) is 12.1 Å². The number of hydrogen-bond acceptors (Lipinski definition) is 1. The van der Waals surface area contributed by atoms with Crippen molar-refractivity contribution in [1.29, 1.82) is 0 Å². The van der Waals surface area contributed by atoms with E-state index in [1.165, 1.54) is 54.7 Å². The van der Waals surface area contributed by atoms with Gasteiger partial charge in [0.15, 0.2) is 0 Å². The molecule has 210 valence electrons. The lowest BCUT2D eigenvalue weighted by atomic mass is 10.0. The third-order valence-electron chi connectivity index (χ3n) is 9.31. The van der Waals surface area contributed by atoms with Gasteiger partial charge in [-0.05, 0) is 71.8 Å². The molecule has 3 heteroatoms. The van der Waals surface area contributed by atoms with Crippen molar-refractivity contribution in [2.45, 2.75) is 0 Å². The molecule has 3 aromatic heterocycles. The maximum absolute atomic E-state index is 6.27. The Labute approximate surface area is 258 Å². The van der Waals surface area contributed by atoms with Crippen LogP contribution in [0.2, 0.25) is 0 Å². The molecule has 45 heavy (non-hydrogen) atoms. The van der Waals surface area contributed by atoms with Crippen molar-refractivity contribution < 1.29 is 4.42 Å². The van der Waals surface area contributed by atoms with Gasteiger partial charge in [0, 0.05) is 49.8 Å². The summed E-state index contributed by atoms with van der Waals surface area (Å²) in [6.45, 7) is 0. The molecule has 0 amide bonds. The first kappa shape index (κ1) is 24.4. The third kappa shape index (κ3) is 3.52. The second-order valence-electron chi connectivity index (χ2n) is 11.8. The molecule has 0 atom stereocenters. The molecule has 0 bridgehead atoms. The summed E-state index contributed by atoms with van der Waals surface area (Å²) in [6, 6.07) is 56.6. The predicted octanol–water partition coefficient (Wildman–Crippen LogP) is 11.4. The molecular weight excluding hydrogens is 548 g/mol. The molecule has 0 saturated heterocycles. The van der Waals surface area contributed by atoms with E-state index in [0.717, 1.165) is 33.3 Å². The number of fused-ring (bicyclic) bond motifs is 9. The van der Waals surface area contributed by atoms with Crippen molar-refractivity contribution in [3.63, 3.8) is 0 Å². The van der Waals surface area contributed by atoms with E-state index in [2.05, 4.69) is 155 Å². The predicted molar refractivity (Wildman–Crippen MR) is 188 cm³/mol. The first-order valence-corrected chi connectivity index (χ1v) is 15.4. The molecule has 0 fully saturated rings. The van der Waals surface area contributed by atoms with E-state index in [4.69, 9.17) is 4.42 Å². The topological polar surface area (TPSA) is 23.0 Å². The molecule has 0 aliphatic rings. The molecule has 0 radical (unpaired) electrons. The number of hydrogen-bond donors (Lipinski definition) is 0. The van der Waals surface area contributed by atoms with Crippen LogP contribution in [0.4, 0.5) is 0 Å². The van der Waals surface area contributed by atoms with Crippen LogP contribution >= 0.6 is 0 Å². The average molecular weight is 575 g/mol. The van der Waals surface area contributed by atoms with E-state index in [-0.39, 0.29) is 0 Å². The number of nitrogens with zero attached hydrogens (tertiary/aromatic N) is 2. The fraction of sp³-hybridized carbons (Fsp3) is 0. The minimum absolute atomic E-state index is 0.901. The third-order valence-corrected chi connectivity index (χ3v) is 9.31. The van der Waals surface area contributed by atoms with Crippen LogP contribution < -0.4 is 0 Å². The minimum Gasteiger partial charge on any atom is -0.456 e. The maximum Gasteiger partial charge on any atom is 0.137 e. The summed E-state index contributed by atoms with van der Waals surface area (Å²) >= 11 is 0. The Balaban J connectivity index is 1.15. The number of para-hydroxylation sites is 4. The molecule has 0 spiro atoms. The van der Waals surface area contributed by atoms with Gasteiger partial charge in [0.05, 0.1) is 22.1 Å². The average Bonchev–Trinajstić information content (AvgIpc) is 3.75. The summed E-state index contributed by atoms with van der Waals surface area (Å²) in [5.41, 5.74) is 11.2. The van der Waals surface area contributed by atoms with Crippen LogP contribution in [-0.2, 0) is 0 Å². The Kier molecular flexibility index (Phi) is 5.00. The molecule has 0 aliphatic carbocycles. The van der Waals surface area contributed by atoms with Crippen molar-refractivity contribution in [3.05, 3.63) is 158 Å². The van der Waals surface area contributed by atoms with Gasteiger partial charge in [0.1, 0.15) is 11.2 Å². The first-order valence-electron chi connectivity index (χ1n) is 15.4. The maximum atomic E-state index is 6.27. The standard InChI is InChI=1S/C42H26N2O/c1-5-16-37-31(12-1)32-13-2-6-17-38(32)43(37)29-11-9-10-27(24-29)28-20-23-40-36(25-28)33-14-3-7-18-39(33)44(40)30-21-22-35-34-15-4-8-19-41(34)45-42(35)26-30/h1-26H. The number of benzene rings is 7. The van der Waals surface area contributed by atoms with E-state index in [0.29, 0.717) is 0 Å². The second-order valence-corrected chi connectivity index (χ2v) is 11.8. The monoisotopic (exact) mass is 574 g/mol. The van der Waals surface area contributed by atoms with Gasteiger partial charge in [0.2, 0.25) is 0 Å². The Bertz CT molecular complexity index is 2720. The lowest BCUT2D eigenvalue weighted by Crippen LogP contribution is -1.94. The fourth-order valence-corrected chi connectivity index (χ4v) is 7.31. The summed E-state index contributed by atoms with van der Waals surface area (Å²) in [5.74, 6) is 0. The highest BCUT2D eigenvalue weighted by atomic mass is 16.3. The van der Waals surface area contributed by atoms with E-state index < -0.39 is 0 Å². The molecular formula is C42H26N2O. The molecule has 3 nitrogen and oxygen atoms in total. The van der Waals surface area contributed by atoms with Gasteiger partial charge in [-0.25, -0.2) is 0 Å². The Morgan fingerprint density at radius 1 is 0.311 bits per heavy atom. The summed E-state index contributed by atoms with van der Waals surface area (Å²) in [6.07, 6.45) is 0. The molecule has 3 heterocycles. The zero-order valence-electron chi connectivity index (χ0n) is 24.3. The normalized spacial score (nSPS) is 12.0. The van der Waals surface area contributed by atoms with Crippen molar-refractivity contribution >= 4 is 65.6 Å². The Morgan fingerprint density at radius 2 is 0.844 bits per heavy atom. The molecule has 7 aromatic carbocycles. The lowest BCUT2D eigenvalue weighted by molar-refractivity contribution is 0.668. The highest BCUT2D eigenvalue weighted by molar-refractivity contribution is 6.12. The summed E-state index contributed by atoms with van der Waals surface area (Å²) in [7, 11) is 0. The lowest BCUT2D eigenvalue weighted by Gasteiger charge is -2.11. The molecule has 10 aromatic rings. The minimum atomic E-state index is 0.901. The summed E-state index contributed by atoms with van der Waals surface area (Å²) in [4.78, 5) is 0. The van der Waals surface area contributed by atoms with Gasteiger partial charge in [-0.2, -0.15) is 0 Å². The zero-order valence-corrected chi connectivity index (χ0v) is 24.3. The van der Waals surface area contributed by atoms with Crippen LogP contribution in [0.25, 0.3) is 88.1 Å². The van der Waals surface area contributed by atoms with Crippen molar-refractivity contribution in [2.24, 2.45) is 0 Å². The highest BCUT2D eigenvalue weighted by Crippen LogP contribution is 2.38. The van der Waals surface area contributed by atoms with Gasteiger partial charge in [-0.3, -0.25) is 0 Å². The van der Waals surface area contributed by atoms with Gasteiger partial charge in [-0.15, -0.1) is 0 Å². The van der Waals surface area contributed by atoms with Gasteiger partial charge >= 0.3 is 0 Å². The van der Waals surface area contributed by atoms with Crippen molar-refractivity contribution in [2.75, 3.05) is 0 Å². The number of aromatic nitrogens is 2. The molecule has 0 aliphatic heterocycles. The van der Waals surface area contributed by atoms with Gasteiger partial charge < -0.3 is 13.6 Å². The van der Waals surface area contributed by atoms with Crippen molar-refractivity contribution in [3.8, 4) is 22.5 Å². The smallest absolute Gasteiger partial charge is 0.137 e. The fourth-order valence-electron chi connectivity index (χ4n) is 7.31.